The van der Waals surface area contributed by atoms with E-state index < -0.39 is 0 Å². The highest BCUT2D eigenvalue weighted by atomic mass is 16.5. The minimum absolute atomic E-state index is 0.0744. The van der Waals surface area contributed by atoms with E-state index in [1.165, 1.54) is 7.11 Å². The molecule has 0 atom stereocenters. The number of hydrogen-bond acceptors (Lipinski definition) is 3. The molecule has 1 aromatic carbocycles. The predicted octanol–water partition coefficient (Wildman–Crippen LogP) is 1.72. The maximum absolute atomic E-state index is 10.8. The van der Waals surface area contributed by atoms with Crippen molar-refractivity contribution in [2.75, 3.05) is 7.11 Å². The van der Waals surface area contributed by atoms with Crippen LogP contribution in [0.1, 0.15) is 27.9 Å². The van der Waals surface area contributed by atoms with Crippen molar-refractivity contribution in [3.8, 4) is 11.8 Å². The zero-order valence-electron chi connectivity index (χ0n) is 9.24. The topological polar surface area (TPSA) is 43.4 Å². The molecule has 16 heavy (non-hydrogen) atoms. The third-order valence-corrected chi connectivity index (χ3v) is 2.09. The predicted molar refractivity (Wildman–Crippen MR) is 60.1 cm³/mol. The van der Waals surface area contributed by atoms with Gasteiger partial charge >= 0.3 is 5.97 Å². The zero-order valence-corrected chi connectivity index (χ0v) is 9.24. The van der Waals surface area contributed by atoms with E-state index in [1.807, 2.05) is 13.0 Å². The molecule has 3 heteroatoms. The first-order chi connectivity index (χ1) is 7.67. The molecule has 1 aromatic rings. The number of carbonyl (C=O) groups is 2. The number of ether oxygens (including phenoxy) is 1. The summed E-state index contributed by atoms with van der Waals surface area (Å²) in [5, 5.41) is 0. The Labute approximate surface area is 94.4 Å². The maximum Gasteiger partial charge on any atom is 0.317 e. The molecule has 82 valence electrons. The number of esters is 1. The van der Waals surface area contributed by atoms with Crippen LogP contribution in [0.15, 0.2) is 18.2 Å². The van der Waals surface area contributed by atoms with Gasteiger partial charge in [0.2, 0.25) is 0 Å². The van der Waals surface area contributed by atoms with Crippen LogP contribution in [-0.4, -0.2) is 19.4 Å². The number of carbonyl (C=O) groups excluding carboxylic acids is 2. The van der Waals surface area contributed by atoms with E-state index in [-0.39, 0.29) is 12.4 Å². The lowest BCUT2D eigenvalue weighted by Crippen LogP contribution is -1.97. The third-order valence-electron chi connectivity index (χ3n) is 2.09. The number of methoxy groups -OCH3 is 1. The second-order valence-corrected chi connectivity index (χ2v) is 3.24. The molecule has 0 unspecified atom stereocenters. The summed E-state index contributed by atoms with van der Waals surface area (Å²) in [6.45, 7) is 1.84. The smallest absolute Gasteiger partial charge is 0.317 e. The molecule has 0 aliphatic rings. The molecule has 0 fully saturated rings. The average molecular weight is 216 g/mol. The van der Waals surface area contributed by atoms with Crippen LogP contribution in [0.4, 0.5) is 0 Å². The fraction of sp³-hybridized carbons (Fsp3) is 0.231. The number of benzene rings is 1. The molecule has 0 amide bonds. The van der Waals surface area contributed by atoms with Crippen molar-refractivity contribution in [1.82, 2.24) is 0 Å². The molecule has 0 spiro atoms. The van der Waals surface area contributed by atoms with Crippen molar-refractivity contribution in [3.63, 3.8) is 0 Å². The van der Waals surface area contributed by atoms with Crippen LogP contribution < -0.4 is 0 Å². The first kappa shape index (κ1) is 12.0. The van der Waals surface area contributed by atoms with E-state index in [0.717, 1.165) is 17.4 Å². The largest absolute Gasteiger partial charge is 0.468 e. The van der Waals surface area contributed by atoms with Crippen LogP contribution in [0.3, 0.4) is 0 Å². The van der Waals surface area contributed by atoms with Gasteiger partial charge in [0, 0.05) is 11.1 Å². The van der Waals surface area contributed by atoms with Gasteiger partial charge in [-0.3, -0.25) is 9.59 Å². The van der Waals surface area contributed by atoms with Crippen LogP contribution in [0.25, 0.3) is 0 Å². The summed E-state index contributed by atoms with van der Waals surface area (Å²) in [7, 11) is 1.33. The molecule has 0 aromatic heterocycles. The average Bonchev–Trinajstić information content (AvgIpc) is 2.29. The van der Waals surface area contributed by atoms with Gasteiger partial charge < -0.3 is 4.74 Å². The summed E-state index contributed by atoms with van der Waals surface area (Å²) in [4.78, 5) is 21.4. The van der Waals surface area contributed by atoms with Gasteiger partial charge in [0.15, 0.2) is 0 Å². The Morgan fingerprint density at radius 3 is 2.81 bits per heavy atom. The van der Waals surface area contributed by atoms with Gasteiger partial charge in [-0.05, 0) is 24.6 Å². The highest BCUT2D eigenvalue weighted by Gasteiger charge is 1.97. The van der Waals surface area contributed by atoms with E-state index in [2.05, 4.69) is 16.6 Å². The lowest BCUT2D eigenvalue weighted by molar-refractivity contribution is -0.139. The second kappa shape index (κ2) is 5.72. The summed E-state index contributed by atoms with van der Waals surface area (Å²) in [6.07, 6.45) is 0.881. The van der Waals surface area contributed by atoms with Gasteiger partial charge in [-0.25, -0.2) is 0 Å². The van der Waals surface area contributed by atoms with E-state index in [1.54, 1.807) is 12.1 Å². The van der Waals surface area contributed by atoms with E-state index in [9.17, 15) is 9.59 Å². The lowest BCUT2D eigenvalue weighted by atomic mass is 10.1. The highest BCUT2D eigenvalue weighted by Crippen LogP contribution is 2.08. The van der Waals surface area contributed by atoms with E-state index >= 15 is 0 Å². The van der Waals surface area contributed by atoms with Gasteiger partial charge in [0.1, 0.15) is 12.7 Å². The van der Waals surface area contributed by atoms with Crippen LogP contribution in [0, 0.1) is 18.8 Å². The minimum Gasteiger partial charge on any atom is -0.468 e. The van der Waals surface area contributed by atoms with Gasteiger partial charge in [-0.15, -0.1) is 0 Å². The Balaban J connectivity index is 2.78. The van der Waals surface area contributed by atoms with E-state index in [4.69, 9.17) is 0 Å². The molecule has 0 bridgehead atoms. The number of rotatable bonds is 2. The Kier molecular flexibility index (Phi) is 4.28. The monoisotopic (exact) mass is 216 g/mol. The van der Waals surface area contributed by atoms with Gasteiger partial charge in [0.25, 0.3) is 0 Å². The number of aryl methyl sites for hydroxylation is 1. The van der Waals surface area contributed by atoms with Crippen LogP contribution in [0.2, 0.25) is 0 Å². The Morgan fingerprint density at radius 2 is 2.25 bits per heavy atom. The van der Waals surface area contributed by atoms with Crippen molar-refractivity contribution in [2.45, 2.75) is 13.3 Å². The first-order valence-electron chi connectivity index (χ1n) is 4.79. The second-order valence-electron chi connectivity index (χ2n) is 3.24. The number of hydrogen-bond donors (Lipinski definition) is 0. The van der Waals surface area contributed by atoms with Crippen molar-refractivity contribution < 1.29 is 14.3 Å². The molecule has 0 saturated heterocycles. The van der Waals surface area contributed by atoms with Gasteiger partial charge in [0.05, 0.1) is 7.11 Å². The summed E-state index contributed by atoms with van der Waals surface area (Å²) in [5.74, 6) is 5.19. The molecule has 3 nitrogen and oxygen atoms in total. The summed E-state index contributed by atoms with van der Waals surface area (Å²) < 4.78 is 4.46. The lowest BCUT2D eigenvalue weighted by Gasteiger charge is -1.97. The third kappa shape index (κ3) is 3.25. The van der Waals surface area contributed by atoms with Gasteiger partial charge in [-0.2, -0.15) is 0 Å². The molecule has 0 heterocycles. The van der Waals surface area contributed by atoms with Crippen molar-refractivity contribution >= 4 is 12.3 Å². The van der Waals surface area contributed by atoms with Crippen LogP contribution in [-0.2, 0) is 9.53 Å². The van der Waals surface area contributed by atoms with E-state index in [0.29, 0.717) is 5.56 Å². The fourth-order valence-electron chi connectivity index (χ4n) is 1.18. The quantitative estimate of drug-likeness (QED) is 0.429. The van der Waals surface area contributed by atoms with Crippen molar-refractivity contribution in [1.29, 1.82) is 0 Å². The zero-order chi connectivity index (χ0) is 12.0. The molecule has 0 aliphatic carbocycles. The number of aldehydes is 1. The van der Waals surface area contributed by atoms with Crippen LogP contribution >= 0.6 is 0 Å². The highest BCUT2D eigenvalue weighted by molar-refractivity contribution is 5.77. The fourth-order valence-corrected chi connectivity index (χ4v) is 1.18. The summed E-state index contributed by atoms with van der Waals surface area (Å²) in [5.41, 5.74) is 2.31. The molecular weight excluding hydrogens is 204 g/mol. The minimum atomic E-state index is -0.353. The molecular formula is C13H12O3. The molecule has 0 saturated carbocycles. The Hall–Kier alpha value is -2.08. The van der Waals surface area contributed by atoms with Crippen molar-refractivity contribution in [2.24, 2.45) is 0 Å². The Morgan fingerprint density at radius 1 is 1.50 bits per heavy atom. The van der Waals surface area contributed by atoms with Crippen LogP contribution in [0.5, 0.6) is 0 Å². The first-order valence-corrected chi connectivity index (χ1v) is 4.79. The maximum atomic E-state index is 10.8. The standard InChI is InChI=1S/C13H12O3/c1-10-8-11(6-7-12(10)9-14)4-3-5-13(15)16-2/h6-9H,5H2,1-2H3. The molecule has 0 N–H and O–H groups in total. The molecule has 0 radical (unpaired) electrons. The molecule has 1 rings (SSSR count). The molecule has 0 aliphatic heterocycles. The van der Waals surface area contributed by atoms with Gasteiger partial charge in [-0.1, -0.05) is 17.9 Å². The summed E-state index contributed by atoms with van der Waals surface area (Å²) in [6, 6.07) is 5.28. The van der Waals surface area contributed by atoms with Crippen molar-refractivity contribution in [3.05, 3.63) is 34.9 Å². The SMILES string of the molecule is COC(=O)CC#Cc1ccc(C=O)c(C)c1. The summed E-state index contributed by atoms with van der Waals surface area (Å²) >= 11 is 0. The Bertz CT molecular complexity index is 464. The normalized spacial score (nSPS) is 8.88.